The second-order valence-corrected chi connectivity index (χ2v) is 5.43. The monoisotopic (exact) mass is 404 g/mol. The summed E-state index contributed by atoms with van der Waals surface area (Å²) in [6, 6.07) is 11.5. The zero-order valence-electron chi connectivity index (χ0n) is 14.8. The summed E-state index contributed by atoms with van der Waals surface area (Å²) in [4.78, 5) is 6.95. The summed E-state index contributed by atoms with van der Waals surface area (Å²) in [6.45, 7) is 9.98. The molecule has 1 radical (unpaired) electrons. The topological polar surface area (TPSA) is 61.0 Å². The standard InChI is InChI=1S/C18H24N2O.CNS.Cu/c1-4-20(5-2)13-12-19-14(3)18-16-9-7-6-8-15(16)10-11-17(18)21;2-1-3;/h6-11,21H,4-5,12-13H2,1-3H3;;/q;-1;+2/p-1. The molecular formula is C19H23CuN3OS. The normalized spacial score (nSPS) is 10.6. The molecule has 0 aliphatic carbocycles. The first-order valence-electron chi connectivity index (χ1n) is 8.02. The summed E-state index contributed by atoms with van der Waals surface area (Å²) < 4.78 is 0. The summed E-state index contributed by atoms with van der Waals surface area (Å²) in [5.41, 5.74) is 1.58. The molecule has 0 amide bonds. The smallest absolute Gasteiger partial charge is 0.872 e. The Morgan fingerprint density at radius 1 is 1.20 bits per heavy atom. The average molecular weight is 405 g/mol. The van der Waals surface area contributed by atoms with E-state index in [0.717, 1.165) is 48.2 Å². The molecule has 0 bridgehead atoms. The van der Waals surface area contributed by atoms with Crippen LogP contribution in [-0.4, -0.2) is 42.0 Å². The Bertz CT molecular complexity index is 724. The zero-order chi connectivity index (χ0) is 17.9. The molecule has 0 saturated carbocycles. The third-order valence-electron chi connectivity index (χ3n) is 3.91. The zero-order valence-corrected chi connectivity index (χ0v) is 16.5. The maximum atomic E-state index is 12.2. The van der Waals surface area contributed by atoms with Crippen molar-refractivity contribution in [2.45, 2.75) is 20.8 Å². The van der Waals surface area contributed by atoms with Crippen LogP contribution in [0.3, 0.4) is 0 Å². The first-order valence-corrected chi connectivity index (χ1v) is 8.43. The van der Waals surface area contributed by atoms with Gasteiger partial charge in [0.1, 0.15) is 0 Å². The van der Waals surface area contributed by atoms with Crippen LogP contribution in [0.25, 0.3) is 16.2 Å². The molecule has 0 aromatic heterocycles. The molecule has 2 aromatic carbocycles. The number of isothiocyanates is 1. The fraction of sp³-hybridized carbons (Fsp3) is 0.368. The van der Waals surface area contributed by atoms with Crippen molar-refractivity contribution < 1.29 is 22.2 Å². The van der Waals surface area contributed by atoms with Gasteiger partial charge < -0.3 is 15.4 Å². The van der Waals surface area contributed by atoms with Gasteiger partial charge in [-0.2, -0.15) is 5.16 Å². The molecule has 4 nitrogen and oxygen atoms in total. The number of nitrogens with zero attached hydrogens (tertiary/aromatic N) is 3. The van der Waals surface area contributed by atoms with Gasteiger partial charge in [-0.05, 0) is 36.3 Å². The van der Waals surface area contributed by atoms with Crippen LogP contribution < -0.4 is 5.11 Å². The number of likely N-dealkylation sites (N-methyl/N-ethyl adjacent to an activating group) is 1. The maximum absolute atomic E-state index is 12.2. The molecule has 25 heavy (non-hydrogen) atoms. The number of thiocarbonyl (C=S) groups is 1. The van der Waals surface area contributed by atoms with Gasteiger partial charge in [-0.1, -0.05) is 68.2 Å². The van der Waals surface area contributed by atoms with Crippen molar-refractivity contribution in [2.75, 3.05) is 26.2 Å². The molecule has 2 rings (SSSR count). The van der Waals surface area contributed by atoms with Crippen molar-refractivity contribution in [3.8, 4) is 5.75 Å². The van der Waals surface area contributed by atoms with E-state index >= 15 is 0 Å². The summed E-state index contributed by atoms with van der Waals surface area (Å²) in [6.07, 6.45) is 0. The minimum absolute atomic E-state index is 0. The van der Waals surface area contributed by atoms with Crippen LogP contribution in [0, 0.1) is 0 Å². The molecule has 0 heterocycles. The Balaban J connectivity index is 0.00000134. The van der Waals surface area contributed by atoms with E-state index in [1.54, 1.807) is 6.07 Å². The SMILES string of the molecule is CCN(CC)CCN=C(C)c1c([O-])ccc2ccccc12.[Cu+2].[N-]=C=S. The van der Waals surface area contributed by atoms with Crippen molar-refractivity contribution >= 4 is 33.9 Å². The van der Waals surface area contributed by atoms with Crippen molar-refractivity contribution in [1.82, 2.24) is 4.90 Å². The summed E-state index contributed by atoms with van der Waals surface area (Å²) in [5.74, 6) is 0.0535. The number of hydrogen-bond acceptors (Lipinski definition) is 4. The van der Waals surface area contributed by atoms with Gasteiger partial charge in [0.15, 0.2) is 0 Å². The number of benzene rings is 2. The predicted octanol–water partition coefficient (Wildman–Crippen LogP) is 3.72. The van der Waals surface area contributed by atoms with Gasteiger partial charge in [0.2, 0.25) is 0 Å². The van der Waals surface area contributed by atoms with Gasteiger partial charge in [0.05, 0.1) is 6.54 Å². The Labute approximate surface area is 165 Å². The van der Waals surface area contributed by atoms with Crippen LogP contribution in [0.5, 0.6) is 5.75 Å². The van der Waals surface area contributed by atoms with E-state index in [2.05, 4.69) is 36.0 Å². The fourth-order valence-electron chi connectivity index (χ4n) is 2.60. The van der Waals surface area contributed by atoms with Crippen molar-refractivity contribution in [1.29, 1.82) is 0 Å². The molecular weight excluding hydrogens is 382 g/mol. The van der Waals surface area contributed by atoms with Crippen molar-refractivity contribution in [3.05, 3.63) is 47.4 Å². The molecule has 0 spiro atoms. The molecule has 137 valence electrons. The van der Waals surface area contributed by atoms with E-state index in [-0.39, 0.29) is 22.8 Å². The van der Waals surface area contributed by atoms with E-state index in [9.17, 15) is 5.11 Å². The molecule has 2 aromatic rings. The van der Waals surface area contributed by atoms with E-state index in [0.29, 0.717) is 0 Å². The van der Waals surface area contributed by atoms with Crippen LogP contribution in [0.15, 0.2) is 41.4 Å². The quantitative estimate of drug-likeness (QED) is 0.418. The Hall–Kier alpha value is -1.55. The second kappa shape index (κ2) is 12.8. The molecule has 0 N–H and O–H groups in total. The molecule has 0 aliphatic rings. The van der Waals surface area contributed by atoms with Crippen LogP contribution in [0.1, 0.15) is 26.3 Å². The van der Waals surface area contributed by atoms with Gasteiger partial charge in [0.25, 0.3) is 0 Å². The van der Waals surface area contributed by atoms with E-state index in [1.807, 2.05) is 37.3 Å². The molecule has 6 heteroatoms. The number of rotatable bonds is 6. The van der Waals surface area contributed by atoms with Crippen LogP contribution in [0.4, 0.5) is 0 Å². The molecule has 0 aliphatic heterocycles. The second-order valence-electron chi connectivity index (χ2n) is 5.25. The molecule has 0 fully saturated rings. The molecule has 0 unspecified atom stereocenters. The third-order valence-corrected chi connectivity index (χ3v) is 3.91. The predicted molar refractivity (Wildman–Crippen MR) is 104 cm³/mol. The average Bonchev–Trinajstić information content (AvgIpc) is 2.59. The Morgan fingerprint density at radius 2 is 1.80 bits per heavy atom. The van der Waals surface area contributed by atoms with Gasteiger partial charge in [-0.25, -0.2) is 0 Å². The largest absolute Gasteiger partial charge is 2.00 e. The first kappa shape index (κ1) is 23.4. The minimum atomic E-state index is 0. The van der Waals surface area contributed by atoms with Gasteiger partial charge in [-0.3, -0.25) is 4.99 Å². The summed E-state index contributed by atoms with van der Waals surface area (Å²) in [7, 11) is 0. The molecule has 0 atom stereocenters. The van der Waals surface area contributed by atoms with Gasteiger partial charge >= 0.3 is 17.1 Å². The Kier molecular flexibility index (Phi) is 12.0. The van der Waals surface area contributed by atoms with Crippen LogP contribution in [-0.2, 0) is 17.1 Å². The van der Waals surface area contributed by atoms with Gasteiger partial charge in [-0.15, -0.1) is 0 Å². The molecule has 0 saturated heterocycles. The summed E-state index contributed by atoms with van der Waals surface area (Å²) in [5, 5.41) is 22.7. The third kappa shape index (κ3) is 7.07. The van der Waals surface area contributed by atoms with Crippen LogP contribution in [0.2, 0.25) is 0 Å². The minimum Gasteiger partial charge on any atom is -0.872 e. The Morgan fingerprint density at radius 3 is 2.40 bits per heavy atom. The van der Waals surface area contributed by atoms with Crippen molar-refractivity contribution in [3.63, 3.8) is 0 Å². The van der Waals surface area contributed by atoms with Gasteiger partial charge in [0, 0.05) is 12.3 Å². The first-order chi connectivity index (χ1) is 11.6. The maximum Gasteiger partial charge on any atom is 2.00 e. The van der Waals surface area contributed by atoms with E-state index < -0.39 is 0 Å². The van der Waals surface area contributed by atoms with Crippen molar-refractivity contribution in [2.24, 2.45) is 4.99 Å². The number of hydrogen-bond donors (Lipinski definition) is 0. The van der Waals surface area contributed by atoms with Crippen LogP contribution >= 0.6 is 12.2 Å². The fourth-order valence-corrected chi connectivity index (χ4v) is 2.60. The number of aliphatic imine (C=N–C) groups is 1. The summed E-state index contributed by atoms with van der Waals surface area (Å²) >= 11 is 3.70. The van der Waals surface area contributed by atoms with E-state index in [1.165, 1.54) is 5.16 Å². The number of fused-ring (bicyclic) bond motifs is 1. The van der Waals surface area contributed by atoms with E-state index in [4.69, 9.17) is 5.41 Å².